The monoisotopic (exact) mass is 418 g/mol. The zero-order valence-corrected chi connectivity index (χ0v) is 17.6. The third-order valence-corrected chi connectivity index (χ3v) is 6.60. The van der Waals surface area contributed by atoms with Crippen LogP contribution in [-0.2, 0) is 16.4 Å². The van der Waals surface area contributed by atoms with Crippen LogP contribution in [0, 0.1) is 6.92 Å². The van der Waals surface area contributed by atoms with E-state index in [1.807, 2.05) is 30.5 Å². The second-order valence-corrected chi connectivity index (χ2v) is 8.80. The summed E-state index contributed by atoms with van der Waals surface area (Å²) >= 11 is 1.51. The molecule has 2 aromatic carbocycles. The van der Waals surface area contributed by atoms with Crippen molar-refractivity contribution in [1.82, 2.24) is 9.71 Å². The van der Waals surface area contributed by atoms with Gasteiger partial charge in [0.1, 0.15) is 5.01 Å². The smallest absolute Gasteiger partial charge is 0.240 e. The molecule has 0 unspecified atom stereocenters. The van der Waals surface area contributed by atoms with E-state index in [1.54, 1.807) is 38.5 Å². The van der Waals surface area contributed by atoms with E-state index in [0.717, 1.165) is 21.8 Å². The molecule has 0 aliphatic rings. The molecule has 0 amide bonds. The number of nitrogens with one attached hydrogen (secondary N) is 1. The van der Waals surface area contributed by atoms with Crippen LogP contribution < -0.4 is 14.2 Å². The summed E-state index contributed by atoms with van der Waals surface area (Å²) in [6.07, 6.45) is 0.509. The molecular weight excluding hydrogens is 396 g/mol. The summed E-state index contributed by atoms with van der Waals surface area (Å²) in [5.74, 6) is 1.30. The average Bonchev–Trinajstić information content (AvgIpc) is 3.16. The maximum absolute atomic E-state index is 12.3. The Morgan fingerprint density at radius 2 is 1.75 bits per heavy atom. The van der Waals surface area contributed by atoms with Gasteiger partial charge in [-0.05, 0) is 37.3 Å². The minimum Gasteiger partial charge on any atom is -0.493 e. The molecule has 1 heterocycles. The van der Waals surface area contributed by atoms with Crippen molar-refractivity contribution in [2.24, 2.45) is 0 Å². The van der Waals surface area contributed by atoms with Gasteiger partial charge in [-0.15, -0.1) is 11.3 Å². The molecule has 0 bridgehead atoms. The van der Waals surface area contributed by atoms with Crippen LogP contribution in [0.4, 0.5) is 0 Å². The van der Waals surface area contributed by atoms with Crippen molar-refractivity contribution in [3.8, 4) is 22.1 Å². The van der Waals surface area contributed by atoms with Gasteiger partial charge in [0.25, 0.3) is 0 Å². The zero-order chi connectivity index (χ0) is 20.1. The molecule has 0 saturated heterocycles. The fourth-order valence-corrected chi connectivity index (χ4v) is 4.52. The van der Waals surface area contributed by atoms with E-state index in [1.165, 1.54) is 11.3 Å². The Labute approximate surface area is 169 Å². The van der Waals surface area contributed by atoms with Gasteiger partial charge in [0.15, 0.2) is 11.5 Å². The predicted molar refractivity (Wildman–Crippen MR) is 111 cm³/mol. The number of benzene rings is 2. The van der Waals surface area contributed by atoms with E-state index < -0.39 is 10.0 Å². The molecule has 0 aliphatic carbocycles. The Morgan fingerprint density at radius 3 is 2.43 bits per heavy atom. The van der Waals surface area contributed by atoms with Crippen molar-refractivity contribution in [3.05, 3.63) is 59.1 Å². The second-order valence-electron chi connectivity index (χ2n) is 6.17. The number of rotatable bonds is 8. The summed E-state index contributed by atoms with van der Waals surface area (Å²) in [5, 5.41) is 2.78. The second kappa shape index (κ2) is 8.72. The van der Waals surface area contributed by atoms with E-state index >= 15 is 0 Å². The standard InChI is InChI=1S/C20H22N2O4S2/c1-14-4-7-17(8-5-14)28(23,24)21-11-10-16-13-27-20(22-16)15-6-9-18(25-2)19(12-15)26-3/h4-9,12-13,21H,10-11H2,1-3H3. The molecule has 0 aliphatic heterocycles. The van der Waals surface area contributed by atoms with E-state index in [9.17, 15) is 8.42 Å². The summed E-state index contributed by atoms with van der Waals surface area (Å²) in [6.45, 7) is 2.20. The number of thiazole rings is 1. The fraction of sp³-hybridized carbons (Fsp3) is 0.250. The Kier molecular flexibility index (Phi) is 6.33. The molecule has 1 N–H and O–H groups in total. The highest BCUT2D eigenvalue weighted by Gasteiger charge is 2.14. The summed E-state index contributed by atoms with van der Waals surface area (Å²) in [4.78, 5) is 4.87. The van der Waals surface area contributed by atoms with Crippen LogP contribution in [0.1, 0.15) is 11.3 Å². The van der Waals surface area contributed by atoms with Crippen LogP contribution in [-0.4, -0.2) is 34.2 Å². The number of aromatic nitrogens is 1. The molecule has 3 rings (SSSR count). The number of hydrogen-bond acceptors (Lipinski definition) is 6. The first-order valence-corrected chi connectivity index (χ1v) is 11.0. The van der Waals surface area contributed by atoms with Crippen LogP contribution in [0.15, 0.2) is 52.7 Å². The van der Waals surface area contributed by atoms with Crippen molar-refractivity contribution >= 4 is 21.4 Å². The van der Waals surface area contributed by atoms with Gasteiger partial charge in [0.2, 0.25) is 10.0 Å². The predicted octanol–water partition coefficient (Wildman–Crippen LogP) is 3.66. The van der Waals surface area contributed by atoms with Crippen LogP contribution >= 0.6 is 11.3 Å². The summed E-state index contributed by atoms with van der Waals surface area (Å²) in [5.41, 5.74) is 2.78. The Hall–Kier alpha value is -2.42. The molecule has 1 aromatic heterocycles. The van der Waals surface area contributed by atoms with Crippen molar-refractivity contribution in [2.75, 3.05) is 20.8 Å². The van der Waals surface area contributed by atoms with Crippen LogP contribution in [0.3, 0.4) is 0 Å². The third kappa shape index (κ3) is 4.70. The van der Waals surface area contributed by atoms with Gasteiger partial charge < -0.3 is 9.47 Å². The normalized spacial score (nSPS) is 11.4. The number of ether oxygens (including phenoxy) is 2. The Bertz CT molecular complexity index is 1040. The topological polar surface area (TPSA) is 77.5 Å². The first-order chi connectivity index (χ1) is 13.4. The lowest BCUT2D eigenvalue weighted by atomic mass is 10.2. The van der Waals surface area contributed by atoms with E-state index in [2.05, 4.69) is 9.71 Å². The quantitative estimate of drug-likeness (QED) is 0.604. The van der Waals surface area contributed by atoms with Crippen molar-refractivity contribution in [2.45, 2.75) is 18.2 Å². The lowest BCUT2D eigenvalue weighted by molar-refractivity contribution is 0.355. The number of aryl methyl sites for hydroxylation is 1. The summed E-state index contributed by atoms with van der Waals surface area (Å²) in [6, 6.07) is 12.4. The van der Waals surface area contributed by atoms with Crippen LogP contribution in [0.25, 0.3) is 10.6 Å². The van der Waals surface area contributed by atoms with Crippen LogP contribution in [0.5, 0.6) is 11.5 Å². The molecule has 6 nitrogen and oxygen atoms in total. The Balaban J connectivity index is 1.64. The first-order valence-electron chi connectivity index (χ1n) is 8.66. The molecule has 0 atom stereocenters. The molecule has 8 heteroatoms. The highest BCUT2D eigenvalue weighted by atomic mass is 32.2. The minimum atomic E-state index is -3.51. The zero-order valence-electron chi connectivity index (χ0n) is 15.9. The number of hydrogen-bond donors (Lipinski definition) is 1. The molecule has 0 fully saturated rings. The van der Waals surface area contributed by atoms with E-state index in [0.29, 0.717) is 17.9 Å². The van der Waals surface area contributed by atoms with Gasteiger partial charge in [-0.1, -0.05) is 17.7 Å². The van der Waals surface area contributed by atoms with Crippen LogP contribution in [0.2, 0.25) is 0 Å². The molecular formula is C20H22N2O4S2. The van der Waals surface area contributed by atoms with Crippen molar-refractivity contribution < 1.29 is 17.9 Å². The van der Waals surface area contributed by atoms with E-state index in [4.69, 9.17) is 9.47 Å². The maximum atomic E-state index is 12.3. The third-order valence-electron chi connectivity index (χ3n) is 4.19. The molecule has 3 aromatic rings. The molecule has 0 spiro atoms. The number of methoxy groups -OCH3 is 2. The molecule has 0 radical (unpaired) electrons. The Morgan fingerprint density at radius 1 is 1.04 bits per heavy atom. The molecule has 148 valence electrons. The number of sulfonamides is 1. The summed E-state index contributed by atoms with van der Waals surface area (Å²) in [7, 11) is -0.328. The van der Waals surface area contributed by atoms with Gasteiger partial charge in [-0.25, -0.2) is 18.1 Å². The van der Waals surface area contributed by atoms with Gasteiger partial charge in [-0.2, -0.15) is 0 Å². The summed E-state index contributed by atoms with van der Waals surface area (Å²) < 4.78 is 37.9. The average molecular weight is 419 g/mol. The maximum Gasteiger partial charge on any atom is 0.240 e. The first kappa shape index (κ1) is 20.3. The van der Waals surface area contributed by atoms with Gasteiger partial charge in [0.05, 0.1) is 24.8 Å². The molecule has 0 saturated carbocycles. The van der Waals surface area contributed by atoms with E-state index in [-0.39, 0.29) is 11.4 Å². The fourth-order valence-electron chi connectivity index (χ4n) is 2.64. The van der Waals surface area contributed by atoms with Gasteiger partial charge in [0, 0.05) is 23.9 Å². The highest BCUT2D eigenvalue weighted by Crippen LogP contribution is 2.33. The van der Waals surface area contributed by atoms with Gasteiger partial charge in [-0.3, -0.25) is 0 Å². The molecule has 28 heavy (non-hydrogen) atoms. The van der Waals surface area contributed by atoms with Gasteiger partial charge >= 0.3 is 0 Å². The lowest BCUT2D eigenvalue weighted by Crippen LogP contribution is -2.26. The SMILES string of the molecule is COc1ccc(-c2nc(CCNS(=O)(=O)c3ccc(C)cc3)cs2)cc1OC. The minimum absolute atomic E-state index is 0.266. The highest BCUT2D eigenvalue weighted by molar-refractivity contribution is 7.89. The van der Waals surface area contributed by atoms with Crippen molar-refractivity contribution in [1.29, 1.82) is 0 Å². The number of nitrogens with zero attached hydrogens (tertiary/aromatic N) is 1. The largest absolute Gasteiger partial charge is 0.493 e. The lowest BCUT2D eigenvalue weighted by Gasteiger charge is -2.08. The van der Waals surface area contributed by atoms with Crippen molar-refractivity contribution in [3.63, 3.8) is 0 Å².